The van der Waals surface area contributed by atoms with E-state index in [1.54, 1.807) is 25.3 Å². The lowest BCUT2D eigenvalue weighted by Gasteiger charge is -2.23. The maximum Gasteiger partial charge on any atom is 0.255 e. The molecular formula is C24H29N3O4. The first-order valence-electron chi connectivity index (χ1n) is 10.3. The number of amides is 2. The zero-order valence-corrected chi connectivity index (χ0v) is 18.0. The third-order valence-corrected chi connectivity index (χ3v) is 5.51. The Bertz CT molecular complexity index is 973. The normalized spacial score (nSPS) is 16.0. The molecule has 7 nitrogen and oxygen atoms in total. The quantitative estimate of drug-likeness (QED) is 0.605. The molecule has 1 unspecified atom stereocenters. The van der Waals surface area contributed by atoms with E-state index in [4.69, 9.17) is 15.2 Å². The average molecular weight is 424 g/mol. The van der Waals surface area contributed by atoms with E-state index in [9.17, 15) is 9.59 Å². The van der Waals surface area contributed by atoms with Crippen LogP contribution in [-0.2, 0) is 17.8 Å². The van der Waals surface area contributed by atoms with Gasteiger partial charge in [-0.05, 0) is 49.6 Å². The SMILES string of the molecule is C=CCc1cc(C(=O)Nc2ccccc2CN2CCCC2C(N)=O)cc(OC)c1OC. The molecule has 164 valence electrons. The summed E-state index contributed by atoms with van der Waals surface area (Å²) in [4.78, 5) is 26.9. The monoisotopic (exact) mass is 423 g/mol. The van der Waals surface area contributed by atoms with E-state index in [-0.39, 0.29) is 17.9 Å². The number of carbonyl (C=O) groups excluding carboxylic acids is 2. The van der Waals surface area contributed by atoms with Crippen LogP contribution in [0.5, 0.6) is 11.5 Å². The molecule has 1 fully saturated rings. The number of nitrogens with zero attached hydrogens (tertiary/aromatic N) is 1. The topological polar surface area (TPSA) is 93.9 Å². The van der Waals surface area contributed by atoms with Gasteiger partial charge in [0.1, 0.15) is 0 Å². The fourth-order valence-corrected chi connectivity index (χ4v) is 4.01. The van der Waals surface area contributed by atoms with Crippen molar-refractivity contribution in [2.24, 2.45) is 5.73 Å². The molecule has 1 saturated heterocycles. The first kappa shape index (κ1) is 22.4. The van der Waals surface area contributed by atoms with Gasteiger partial charge in [0.2, 0.25) is 5.91 Å². The molecule has 1 aliphatic rings. The molecular weight excluding hydrogens is 394 g/mol. The lowest BCUT2D eigenvalue weighted by atomic mass is 10.0. The predicted molar refractivity (Wildman–Crippen MR) is 120 cm³/mol. The van der Waals surface area contributed by atoms with Gasteiger partial charge in [-0.1, -0.05) is 24.3 Å². The first-order chi connectivity index (χ1) is 15.0. The molecule has 2 aromatic rings. The number of rotatable bonds is 9. The van der Waals surface area contributed by atoms with Gasteiger partial charge in [-0.2, -0.15) is 0 Å². The number of benzene rings is 2. The highest BCUT2D eigenvalue weighted by atomic mass is 16.5. The molecule has 2 aromatic carbocycles. The number of nitrogens with two attached hydrogens (primary N) is 1. The van der Waals surface area contributed by atoms with E-state index < -0.39 is 0 Å². The molecule has 3 rings (SSSR count). The fraction of sp³-hybridized carbons (Fsp3) is 0.333. The number of primary amides is 1. The molecule has 0 saturated carbocycles. The number of para-hydroxylation sites is 1. The van der Waals surface area contributed by atoms with Crippen LogP contribution in [0.1, 0.15) is 34.3 Å². The first-order valence-corrected chi connectivity index (χ1v) is 10.3. The predicted octanol–water partition coefficient (Wildman–Crippen LogP) is 3.13. The summed E-state index contributed by atoms with van der Waals surface area (Å²) >= 11 is 0. The summed E-state index contributed by atoms with van der Waals surface area (Å²) in [6.45, 7) is 5.11. The van der Waals surface area contributed by atoms with E-state index in [0.717, 1.165) is 30.5 Å². The Labute approximate surface area is 182 Å². The van der Waals surface area contributed by atoms with Crippen molar-refractivity contribution in [3.8, 4) is 11.5 Å². The lowest BCUT2D eigenvalue weighted by Crippen LogP contribution is -2.39. The number of methoxy groups -OCH3 is 2. The number of allylic oxidation sites excluding steroid dienone is 1. The second-order valence-electron chi connectivity index (χ2n) is 7.51. The van der Waals surface area contributed by atoms with Crippen LogP contribution in [0.3, 0.4) is 0 Å². The summed E-state index contributed by atoms with van der Waals surface area (Å²) in [5, 5.41) is 3.00. The number of likely N-dealkylation sites (tertiary alicyclic amines) is 1. The minimum atomic E-state index is -0.306. The van der Waals surface area contributed by atoms with E-state index in [1.165, 1.54) is 7.11 Å². The number of anilines is 1. The number of hydrogen-bond donors (Lipinski definition) is 2. The Morgan fingerprint density at radius 1 is 1.23 bits per heavy atom. The van der Waals surface area contributed by atoms with Crippen molar-refractivity contribution in [1.82, 2.24) is 4.90 Å². The summed E-state index contributed by atoms with van der Waals surface area (Å²) in [5.41, 5.74) is 8.45. The second-order valence-corrected chi connectivity index (χ2v) is 7.51. The van der Waals surface area contributed by atoms with Crippen molar-refractivity contribution >= 4 is 17.5 Å². The Kier molecular flexibility index (Phi) is 7.31. The molecule has 0 spiro atoms. The number of hydrogen-bond acceptors (Lipinski definition) is 5. The minimum absolute atomic E-state index is 0.258. The third kappa shape index (κ3) is 5.06. The van der Waals surface area contributed by atoms with Gasteiger partial charge in [0.05, 0.1) is 20.3 Å². The Morgan fingerprint density at radius 2 is 2.00 bits per heavy atom. The highest BCUT2D eigenvalue weighted by Crippen LogP contribution is 2.33. The summed E-state index contributed by atoms with van der Waals surface area (Å²) in [7, 11) is 3.11. The Balaban J connectivity index is 1.85. The number of carbonyl (C=O) groups is 2. The zero-order chi connectivity index (χ0) is 22.4. The van der Waals surface area contributed by atoms with Crippen LogP contribution in [-0.4, -0.2) is 43.5 Å². The molecule has 1 aliphatic heterocycles. The molecule has 1 heterocycles. The van der Waals surface area contributed by atoms with Crippen LogP contribution in [0.4, 0.5) is 5.69 Å². The molecule has 0 aliphatic carbocycles. The van der Waals surface area contributed by atoms with Gasteiger partial charge in [0.15, 0.2) is 11.5 Å². The van der Waals surface area contributed by atoms with Crippen molar-refractivity contribution in [3.63, 3.8) is 0 Å². The van der Waals surface area contributed by atoms with Crippen molar-refractivity contribution in [1.29, 1.82) is 0 Å². The van der Waals surface area contributed by atoms with Gasteiger partial charge in [0.25, 0.3) is 5.91 Å². The minimum Gasteiger partial charge on any atom is -0.493 e. The van der Waals surface area contributed by atoms with Crippen molar-refractivity contribution in [2.75, 3.05) is 26.1 Å². The number of ether oxygens (including phenoxy) is 2. The molecule has 0 bridgehead atoms. The van der Waals surface area contributed by atoms with Crippen molar-refractivity contribution in [3.05, 3.63) is 65.7 Å². The summed E-state index contributed by atoms with van der Waals surface area (Å²) in [6, 6.07) is 10.8. The lowest BCUT2D eigenvalue weighted by molar-refractivity contribution is -0.122. The highest BCUT2D eigenvalue weighted by Gasteiger charge is 2.29. The van der Waals surface area contributed by atoms with E-state index in [0.29, 0.717) is 35.7 Å². The van der Waals surface area contributed by atoms with E-state index >= 15 is 0 Å². The molecule has 3 N–H and O–H groups in total. The number of nitrogens with one attached hydrogen (secondary N) is 1. The molecule has 1 atom stereocenters. The Morgan fingerprint density at radius 3 is 2.68 bits per heavy atom. The van der Waals surface area contributed by atoms with E-state index in [2.05, 4.69) is 16.8 Å². The molecule has 31 heavy (non-hydrogen) atoms. The zero-order valence-electron chi connectivity index (χ0n) is 18.0. The van der Waals surface area contributed by atoms with Crippen molar-refractivity contribution in [2.45, 2.75) is 31.8 Å². The van der Waals surface area contributed by atoms with Crippen LogP contribution in [0.15, 0.2) is 49.1 Å². The maximum atomic E-state index is 13.1. The van der Waals surface area contributed by atoms with Crippen LogP contribution in [0.2, 0.25) is 0 Å². The van der Waals surface area contributed by atoms with Gasteiger partial charge in [-0.15, -0.1) is 6.58 Å². The maximum absolute atomic E-state index is 13.1. The standard InChI is InChI=1S/C24H29N3O4/c1-4-8-16-13-18(14-21(30-2)22(16)31-3)24(29)26-19-10-6-5-9-17(19)15-27-12-7-11-20(27)23(25)28/h4-6,9-10,13-14,20H,1,7-8,11-12,15H2,2-3H3,(H2,25,28)(H,26,29). The van der Waals surface area contributed by atoms with Crippen molar-refractivity contribution < 1.29 is 19.1 Å². The summed E-state index contributed by atoms with van der Waals surface area (Å²) in [5.74, 6) is 0.512. The van der Waals surface area contributed by atoms with Gasteiger partial charge in [0, 0.05) is 23.4 Å². The molecule has 0 radical (unpaired) electrons. The third-order valence-electron chi connectivity index (χ3n) is 5.51. The molecule has 7 heteroatoms. The molecule has 0 aromatic heterocycles. The van der Waals surface area contributed by atoms with Crippen LogP contribution in [0, 0.1) is 0 Å². The van der Waals surface area contributed by atoms with Gasteiger partial charge >= 0.3 is 0 Å². The van der Waals surface area contributed by atoms with Gasteiger partial charge in [-0.25, -0.2) is 0 Å². The smallest absolute Gasteiger partial charge is 0.255 e. The van der Waals surface area contributed by atoms with Crippen LogP contribution >= 0.6 is 0 Å². The van der Waals surface area contributed by atoms with E-state index in [1.807, 2.05) is 24.3 Å². The van der Waals surface area contributed by atoms with Crippen LogP contribution < -0.4 is 20.5 Å². The van der Waals surface area contributed by atoms with Crippen LogP contribution in [0.25, 0.3) is 0 Å². The molecule has 2 amide bonds. The largest absolute Gasteiger partial charge is 0.493 e. The summed E-state index contributed by atoms with van der Waals surface area (Å²) in [6.07, 6.45) is 3.99. The second kappa shape index (κ2) is 10.1. The average Bonchev–Trinajstić information content (AvgIpc) is 3.23. The van der Waals surface area contributed by atoms with Gasteiger partial charge in [-0.3, -0.25) is 14.5 Å². The highest BCUT2D eigenvalue weighted by molar-refractivity contribution is 6.05. The fourth-order valence-electron chi connectivity index (χ4n) is 4.01. The summed E-state index contributed by atoms with van der Waals surface area (Å²) < 4.78 is 10.9. The Hall–Kier alpha value is -3.32. The van der Waals surface area contributed by atoms with Gasteiger partial charge < -0.3 is 20.5 Å².